The number of hydrogen-bond donors (Lipinski definition) is 1. The number of ether oxygens (including phenoxy) is 1. The number of amides is 2. The Labute approximate surface area is 233 Å². The van der Waals surface area contributed by atoms with E-state index in [1.54, 1.807) is 40.2 Å². The Balaban J connectivity index is 1.18. The maximum absolute atomic E-state index is 13.7. The molecular weight excluding hydrogens is 508 g/mol. The van der Waals surface area contributed by atoms with Crippen LogP contribution in [0.15, 0.2) is 36.7 Å². The van der Waals surface area contributed by atoms with Crippen LogP contribution in [0.4, 0.5) is 0 Å². The predicted molar refractivity (Wildman–Crippen MR) is 147 cm³/mol. The SMILES string of the molecule is CC(=O)c1nn(CC(=O)N2[C@@H]3C[C@@H]3C[C@H]2C(=O)N[C@@H]2CCCC(C)(C)C2)c2ccc(OCc3ncccn3)cc12. The van der Waals surface area contributed by atoms with Gasteiger partial charge in [-0.3, -0.25) is 19.1 Å². The fourth-order valence-corrected chi connectivity index (χ4v) is 6.56. The van der Waals surface area contributed by atoms with Crippen LogP contribution in [0.25, 0.3) is 10.9 Å². The summed E-state index contributed by atoms with van der Waals surface area (Å²) in [6.45, 7) is 6.12. The highest BCUT2D eigenvalue weighted by Crippen LogP contribution is 2.48. The molecule has 1 aliphatic heterocycles. The molecule has 1 aromatic carbocycles. The Morgan fingerprint density at radius 2 is 1.95 bits per heavy atom. The van der Waals surface area contributed by atoms with Crippen LogP contribution in [0.2, 0.25) is 0 Å². The van der Waals surface area contributed by atoms with Gasteiger partial charge in [-0.2, -0.15) is 5.10 Å². The lowest BCUT2D eigenvalue weighted by Crippen LogP contribution is -2.52. The summed E-state index contributed by atoms with van der Waals surface area (Å²) in [5.41, 5.74) is 1.17. The number of carbonyl (C=O) groups excluding carboxylic acids is 3. The largest absolute Gasteiger partial charge is 0.486 e. The van der Waals surface area contributed by atoms with Crippen molar-refractivity contribution in [1.29, 1.82) is 0 Å². The first kappa shape index (κ1) is 26.4. The van der Waals surface area contributed by atoms with Crippen LogP contribution in [0.5, 0.6) is 5.75 Å². The van der Waals surface area contributed by atoms with Gasteiger partial charge in [0.15, 0.2) is 11.6 Å². The third-order valence-corrected chi connectivity index (χ3v) is 8.57. The van der Waals surface area contributed by atoms with Crippen molar-refractivity contribution in [3.05, 3.63) is 48.2 Å². The van der Waals surface area contributed by atoms with Gasteiger partial charge in [0.05, 0.1) is 5.52 Å². The molecular formula is C30H36N6O4. The fourth-order valence-electron chi connectivity index (χ4n) is 6.56. The molecule has 3 aromatic rings. The molecule has 210 valence electrons. The van der Waals surface area contributed by atoms with Crippen molar-refractivity contribution < 1.29 is 19.1 Å². The second kappa shape index (κ2) is 10.3. The zero-order chi connectivity index (χ0) is 28.0. The van der Waals surface area contributed by atoms with E-state index in [4.69, 9.17) is 4.74 Å². The summed E-state index contributed by atoms with van der Waals surface area (Å²) in [6.07, 6.45) is 9.18. The zero-order valence-corrected chi connectivity index (χ0v) is 23.3. The van der Waals surface area contributed by atoms with E-state index in [1.807, 2.05) is 6.07 Å². The predicted octanol–water partition coefficient (Wildman–Crippen LogP) is 3.68. The number of benzene rings is 1. The maximum Gasteiger partial charge on any atom is 0.245 e. The van der Waals surface area contributed by atoms with Crippen LogP contribution < -0.4 is 10.1 Å². The molecule has 0 radical (unpaired) electrons. The van der Waals surface area contributed by atoms with E-state index in [9.17, 15) is 14.4 Å². The topological polar surface area (TPSA) is 119 Å². The normalized spacial score (nSPS) is 24.9. The second-order valence-corrected chi connectivity index (χ2v) is 12.3. The van der Waals surface area contributed by atoms with E-state index in [-0.39, 0.29) is 53.9 Å². The number of piperidine rings is 1. The van der Waals surface area contributed by atoms with Crippen LogP contribution in [-0.2, 0) is 22.7 Å². The summed E-state index contributed by atoms with van der Waals surface area (Å²) < 4.78 is 7.42. The van der Waals surface area contributed by atoms with Crippen molar-refractivity contribution in [1.82, 2.24) is 30.0 Å². The average Bonchev–Trinajstić information content (AvgIpc) is 3.43. The van der Waals surface area contributed by atoms with Gasteiger partial charge in [0.1, 0.15) is 30.6 Å². The molecule has 40 heavy (non-hydrogen) atoms. The molecule has 1 N–H and O–H groups in total. The average molecular weight is 545 g/mol. The molecule has 2 aliphatic carbocycles. The van der Waals surface area contributed by atoms with Crippen molar-refractivity contribution >= 4 is 28.5 Å². The number of hydrogen-bond acceptors (Lipinski definition) is 7. The molecule has 0 bridgehead atoms. The van der Waals surface area contributed by atoms with Gasteiger partial charge >= 0.3 is 0 Å². The van der Waals surface area contributed by atoms with Gasteiger partial charge in [-0.15, -0.1) is 0 Å². The number of nitrogens with zero attached hydrogens (tertiary/aromatic N) is 5. The van der Waals surface area contributed by atoms with Crippen molar-refractivity contribution in [2.24, 2.45) is 11.3 Å². The quantitative estimate of drug-likeness (QED) is 0.430. The maximum atomic E-state index is 13.7. The van der Waals surface area contributed by atoms with Gasteiger partial charge in [0.25, 0.3) is 0 Å². The fraction of sp³-hybridized carbons (Fsp3) is 0.533. The number of ketones is 1. The highest BCUT2D eigenvalue weighted by molar-refractivity contribution is 6.05. The van der Waals surface area contributed by atoms with E-state index in [2.05, 4.69) is 34.2 Å². The van der Waals surface area contributed by atoms with Crippen molar-refractivity contribution in [3.63, 3.8) is 0 Å². The number of nitrogens with one attached hydrogen (secondary N) is 1. The Bertz CT molecular complexity index is 1450. The van der Waals surface area contributed by atoms with Crippen molar-refractivity contribution in [3.8, 4) is 5.75 Å². The third-order valence-electron chi connectivity index (χ3n) is 8.57. The molecule has 0 spiro atoms. The van der Waals surface area contributed by atoms with Crippen molar-refractivity contribution in [2.75, 3.05) is 0 Å². The molecule has 3 aliphatic rings. The third kappa shape index (κ3) is 5.31. The molecule has 0 unspecified atom stereocenters. The van der Waals surface area contributed by atoms with Crippen molar-refractivity contribution in [2.45, 2.75) is 90.6 Å². The summed E-state index contributed by atoms with van der Waals surface area (Å²) >= 11 is 0. The highest BCUT2D eigenvalue weighted by Gasteiger charge is 2.56. The summed E-state index contributed by atoms with van der Waals surface area (Å²) in [5.74, 6) is 1.10. The second-order valence-electron chi connectivity index (χ2n) is 12.3. The van der Waals surface area contributed by atoms with Crippen LogP contribution in [-0.4, -0.2) is 60.4 Å². The summed E-state index contributed by atoms with van der Waals surface area (Å²) in [7, 11) is 0. The highest BCUT2D eigenvalue weighted by atomic mass is 16.5. The minimum Gasteiger partial charge on any atom is -0.486 e. The molecule has 10 heteroatoms. The molecule has 6 rings (SSSR count). The zero-order valence-electron chi connectivity index (χ0n) is 23.3. The minimum atomic E-state index is -0.449. The number of likely N-dealkylation sites (tertiary alicyclic amines) is 1. The van der Waals surface area contributed by atoms with Gasteiger partial charge in [-0.25, -0.2) is 9.97 Å². The summed E-state index contributed by atoms with van der Waals surface area (Å²) in [5, 5.41) is 8.40. The number of Topliss-reactive ketones (excluding diaryl/α,β-unsaturated/α-hetero) is 1. The number of aromatic nitrogens is 4. The molecule has 2 aromatic heterocycles. The smallest absolute Gasteiger partial charge is 0.245 e. The lowest BCUT2D eigenvalue weighted by atomic mass is 9.75. The van der Waals surface area contributed by atoms with E-state index in [0.717, 1.165) is 25.7 Å². The van der Waals surface area contributed by atoms with Crippen LogP contribution >= 0.6 is 0 Å². The van der Waals surface area contributed by atoms with E-state index in [0.29, 0.717) is 34.8 Å². The summed E-state index contributed by atoms with van der Waals surface area (Å²) in [4.78, 5) is 49.6. The van der Waals surface area contributed by atoms with Crippen LogP contribution in [0.3, 0.4) is 0 Å². The van der Waals surface area contributed by atoms with Gasteiger partial charge in [-0.05, 0) is 67.7 Å². The summed E-state index contributed by atoms with van der Waals surface area (Å²) in [6, 6.07) is 6.91. The number of rotatable bonds is 8. The first-order valence-electron chi connectivity index (χ1n) is 14.2. The Kier molecular flexibility index (Phi) is 6.80. The molecule has 3 heterocycles. The van der Waals surface area contributed by atoms with Gasteiger partial charge in [-0.1, -0.05) is 20.3 Å². The Morgan fingerprint density at radius 3 is 2.70 bits per heavy atom. The molecule has 10 nitrogen and oxygen atoms in total. The molecule has 2 saturated carbocycles. The Hall–Kier alpha value is -3.82. The van der Waals surface area contributed by atoms with E-state index < -0.39 is 6.04 Å². The molecule has 3 fully saturated rings. The van der Waals surface area contributed by atoms with Gasteiger partial charge in [0, 0.05) is 36.8 Å². The van der Waals surface area contributed by atoms with Gasteiger partial charge in [0.2, 0.25) is 11.8 Å². The molecule has 1 saturated heterocycles. The number of carbonyl (C=O) groups is 3. The minimum absolute atomic E-state index is 0.0364. The monoisotopic (exact) mass is 544 g/mol. The lowest BCUT2D eigenvalue weighted by Gasteiger charge is -2.36. The standard InChI is InChI=1S/C30H36N6O4/c1-18(37)28-22-14-21(40-17-26-31-10-5-11-32-26)7-8-23(22)35(34-28)16-27(38)36-24-12-19(24)13-25(36)29(39)33-20-6-4-9-30(2,3)15-20/h5,7-8,10-11,14,19-20,24-25H,4,6,9,12-13,15-17H2,1-3H3,(H,33,39)/t19-,20-,24-,25+/m1/s1. The van der Waals surface area contributed by atoms with Crippen LogP contribution in [0, 0.1) is 11.3 Å². The Morgan fingerprint density at radius 1 is 1.15 bits per heavy atom. The van der Waals surface area contributed by atoms with Gasteiger partial charge < -0.3 is 15.0 Å². The first-order valence-corrected chi connectivity index (χ1v) is 14.2. The molecule has 4 atom stereocenters. The van der Waals surface area contributed by atoms with E-state index in [1.165, 1.54) is 13.3 Å². The molecule has 2 amide bonds. The number of fused-ring (bicyclic) bond motifs is 2. The van der Waals surface area contributed by atoms with E-state index >= 15 is 0 Å². The van der Waals surface area contributed by atoms with Crippen LogP contribution in [0.1, 0.15) is 75.6 Å². The lowest BCUT2D eigenvalue weighted by molar-refractivity contribution is -0.140. The first-order chi connectivity index (χ1) is 19.2.